The van der Waals surface area contributed by atoms with E-state index in [1.54, 1.807) is 6.07 Å². The van der Waals surface area contributed by atoms with Crippen LogP contribution in [0.15, 0.2) is 36.4 Å². The van der Waals surface area contributed by atoms with Gasteiger partial charge >= 0.3 is 0 Å². The summed E-state index contributed by atoms with van der Waals surface area (Å²) in [6, 6.07) is 11.0. The summed E-state index contributed by atoms with van der Waals surface area (Å²) in [6.45, 7) is 3.11. The van der Waals surface area contributed by atoms with Crippen molar-refractivity contribution < 1.29 is 4.74 Å². The van der Waals surface area contributed by atoms with Crippen molar-refractivity contribution in [2.24, 2.45) is 0 Å². The van der Waals surface area contributed by atoms with E-state index in [0.29, 0.717) is 28.2 Å². The molecule has 0 aliphatic heterocycles. The highest BCUT2D eigenvalue weighted by atomic mass is 35.5. The molecule has 0 saturated heterocycles. The molecule has 0 amide bonds. The lowest BCUT2D eigenvalue weighted by Crippen LogP contribution is -2.12. The fourth-order valence-electron chi connectivity index (χ4n) is 1.76. The minimum atomic E-state index is 0.519. The second-order valence-corrected chi connectivity index (χ2v) is 5.51. The summed E-state index contributed by atoms with van der Waals surface area (Å²) in [5.41, 5.74) is 1.81. The first-order chi connectivity index (χ1) is 9.58. The Bertz CT molecular complexity index is 602. The van der Waals surface area contributed by atoms with Crippen LogP contribution in [-0.2, 0) is 0 Å². The van der Waals surface area contributed by atoms with Gasteiger partial charge in [0.05, 0.1) is 15.7 Å². The third-order valence-electron chi connectivity index (χ3n) is 2.76. The molecule has 1 N–H and O–H groups in total. The highest BCUT2D eigenvalue weighted by molar-refractivity contribution is 6.43. The number of benzene rings is 2. The molecule has 106 valence electrons. The molecule has 0 saturated carbocycles. The maximum Gasteiger partial charge on any atom is 0.122 e. The molecule has 0 spiro atoms. The lowest BCUT2D eigenvalue weighted by atomic mass is 10.2. The SMILES string of the molecule is Cc1cc(Cl)ccc1OCCNc1cccc(Cl)c1Cl. The number of hydrogen-bond acceptors (Lipinski definition) is 2. The normalized spacial score (nSPS) is 10.4. The lowest BCUT2D eigenvalue weighted by molar-refractivity contribution is 0.330. The van der Waals surface area contributed by atoms with Crippen LogP contribution in [0.4, 0.5) is 5.69 Å². The summed E-state index contributed by atoms with van der Waals surface area (Å²) in [6.07, 6.45) is 0. The largest absolute Gasteiger partial charge is 0.491 e. The van der Waals surface area contributed by atoms with E-state index in [-0.39, 0.29) is 0 Å². The van der Waals surface area contributed by atoms with Gasteiger partial charge in [-0.15, -0.1) is 0 Å². The molecule has 0 bridgehead atoms. The van der Waals surface area contributed by atoms with E-state index in [1.807, 2.05) is 37.3 Å². The Hall–Kier alpha value is -1.09. The molecule has 0 atom stereocenters. The standard InChI is InChI=1S/C15H14Cl3NO/c1-10-9-11(16)5-6-14(10)20-8-7-19-13-4-2-3-12(17)15(13)18/h2-6,9,19H,7-8H2,1H3. The van der Waals surface area contributed by atoms with E-state index in [1.165, 1.54) is 0 Å². The Balaban J connectivity index is 1.86. The van der Waals surface area contributed by atoms with Crippen LogP contribution in [0, 0.1) is 6.92 Å². The molecule has 2 aromatic rings. The Morgan fingerprint density at radius 3 is 2.65 bits per heavy atom. The average molecular weight is 331 g/mol. The zero-order chi connectivity index (χ0) is 14.5. The minimum Gasteiger partial charge on any atom is -0.491 e. The monoisotopic (exact) mass is 329 g/mol. The van der Waals surface area contributed by atoms with Crippen molar-refractivity contribution >= 4 is 40.5 Å². The minimum absolute atomic E-state index is 0.519. The molecule has 0 heterocycles. The number of hydrogen-bond donors (Lipinski definition) is 1. The number of halogens is 3. The summed E-state index contributed by atoms with van der Waals surface area (Å²) in [4.78, 5) is 0. The van der Waals surface area contributed by atoms with Crippen LogP contribution in [0.1, 0.15) is 5.56 Å². The first-order valence-corrected chi connectivity index (χ1v) is 7.28. The van der Waals surface area contributed by atoms with Crippen LogP contribution < -0.4 is 10.1 Å². The third kappa shape index (κ3) is 3.95. The highest BCUT2D eigenvalue weighted by Gasteiger charge is 2.04. The van der Waals surface area contributed by atoms with Crippen LogP contribution in [0.5, 0.6) is 5.75 Å². The molecule has 2 aromatic carbocycles. The predicted octanol–water partition coefficient (Wildman–Crippen LogP) is 5.45. The van der Waals surface area contributed by atoms with E-state index < -0.39 is 0 Å². The molecule has 20 heavy (non-hydrogen) atoms. The van der Waals surface area contributed by atoms with Crippen LogP contribution in [0.2, 0.25) is 15.1 Å². The van der Waals surface area contributed by atoms with Crippen molar-refractivity contribution in [1.29, 1.82) is 0 Å². The van der Waals surface area contributed by atoms with E-state index in [0.717, 1.165) is 17.0 Å². The van der Waals surface area contributed by atoms with Gasteiger partial charge in [-0.3, -0.25) is 0 Å². The fraction of sp³-hybridized carbons (Fsp3) is 0.200. The van der Waals surface area contributed by atoms with E-state index in [9.17, 15) is 0 Å². The van der Waals surface area contributed by atoms with Crippen molar-refractivity contribution in [3.05, 3.63) is 57.0 Å². The molecule has 2 rings (SSSR count). The molecule has 0 unspecified atom stereocenters. The molecule has 2 nitrogen and oxygen atoms in total. The van der Waals surface area contributed by atoms with Gasteiger partial charge in [0.2, 0.25) is 0 Å². The Labute approximate surface area is 133 Å². The van der Waals surface area contributed by atoms with Crippen LogP contribution >= 0.6 is 34.8 Å². The number of rotatable bonds is 5. The number of anilines is 1. The van der Waals surface area contributed by atoms with Crippen LogP contribution in [-0.4, -0.2) is 13.2 Å². The van der Waals surface area contributed by atoms with Gasteiger partial charge in [-0.1, -0.05) is 40.9 Å². The van der Waals surface area contributed by atoms with Crippen molar-refractivity contribution in [3.63, 3.8) is 0 Å². The number of aryl methyl sites for hydroxylation is 1. The lowest BCUT2D eigenvalue weighted by Gasteiger charge is -2.12. The zero-order valence-electron chi connectivity index (χ0n) is 10.9. The van der Waals surface area contributed by atoms with E-state index in [4.69, 9.17) is 39.5 Å². The van der Waals surface area contributed by atoms with Crippen LogP contribution in [0.25, 0.3) is 0 Å². The second-order valence-electron chi connectivity index (χ2n) is 4.29. The van der Waals surface area contributed by atoms with E-state index in [2.05, 4.69) is 5.32 Å². The first kappa shape index (κ1) is 15.3. The number of nitrogens with one attached hydrogen (secondary N) is 1. The average Bonchev–Trinajstić information content (AvgIpc) is 2.41. The maximum absolute atomic E-state index is 6.08. The Morgan fingerprint density at radius 1 is 1.10 bits per heavy atom. The number of ether oxygens (including phenoxy) is 1. The van der Waals surface area contributed by atoms with Gasteiger partial charge in [0.15, 0.2) is 0 Å². The fourth-order valence-corrected chi connectivity index (χ4v) is 2.36. The van der Waals surface area contributed by atoms with Crippen molar-refractivity contribution in [1.82, 2.24) is 0 Å². The smallest absolute Gasteiger partial charge is 0.122 e. The zero-order valence-corrected chi connectivity index (χ0v) is 13.2. The first-order valence-electron chi connectivity index (χ1n) is 6.15. The Kier molecular flexibility index (Phi) is 5.41. The van der Waals surface area contributed by atoms with E-state index >= 15 is 0 Å². The van der Waals surface area contributed by atoms with Gasteiger partial charge < -0.3 is 10.1 Å². The summed E-state index contributed by atoms with van der Waals surface area (Å²) in [5.74, 6) is 0.827. The van der Waals surface area contributed by atoms with Crippen LogP contribution in [0.3, 0.4) is 0 Å². The Morgan fingerprint density at radius 2 is 1.90 bits per heavy atom. The predicted molar refractivity (Wildman–Crippen MR) is 86.6 cm³/mol. The maximum atomic E-state index is 6.08. The molecule has 0 radical (unpaired) electrons. The van der Waals surface area contributed by atoms with Gasteiger partial charge in [0.1, 0.15) is 12.4 Å². The van der Waals surface area contributed by atoms with Crippen molar-refractivity contribution in [3.8, 4) is 5.75 Å². The van der Waals surface area contributed by atoms with Gasteiger partial charge in [-0.05, 0) is 42.8 Å². The molecule has 0 aliphatic rings. The quantitative estimate of drug-likeness (QED) is 0.736. The summed E-state index contributed by atoms with van der Waals surface area (Å²) < 4.78 is 5.69. The van der Waals surface area contributed by atoms with Gasteiger partial charge in [0.25, 0.3) is 0 Å². The van der Waals surface area contributed by atoms with Crippen molar-refractivity contribution in [2.45, 2.75) is 6.92 Å². The molecule has 0 aliphatic carbocycles. The van der Waals surface area contributed by atoms with Crippen molar-refractivity contribution in [2.75, 3.05) is 18.5 Å². The summed E-state index contributed by atoms with van der Waals surface area (Å²) in [7, 11) is 0. The third-order valence-corrected chi connectivity index (χ3v) is 3.82. The van der Waals surface area contributed by atoms with Gasteiger partial charge in [0, 0.05) is 11.6 Å². The summed E-state index contributed by atoms with van der Waals surface area (Å²) >= 11 is 17.9. The second kappa shape index (κ2) is 7.07. The van der Waals surface area contributed by atoms with Gasteiger partial charge in [-0.25, -0.2) is 0 Å². The molecule has 5 heteroatoms. The summed E-state index contributed by atoms with van der Waals surface area (Å²) in [5, 5.41) is 4.95. The molecule has 0 aromatic heterocycles. The highest BCUT2D eigenvalue weighted by Crippen LogP contribution is 2.29. The molecular formula is C15H14Cl3NO. The van der Waals surface area contributed by atoms with Gasteiger partial charge in [-0.2, -0.15) is 0 Å². The molecule has 0 fully saturated rings. The molecular weight excluding hydrogens is 317 g/mol. The topological polar surface area (TPSA) is 21.3 Å².